The molecule has 6 heteroatoms. The number of carboxylic acid groups (broad SMARTS) is 1. The molecule has 1 aliphatic heterocycles. The molecule has 1 aromatic rings. The molecule has 0 bridgehead atoms. The van der Waals surface area contributed by atoms with Crippen molar-refractivity contribution in [3.8, 4) is 0 Å². The topological polar surface area (TPSA) is 87.1 Å². The van der Waals surface area contributed by atoms with Gasteiger partial charge in [0.05, 0.1) is 19.7 Å². The minimum Gasteiger partial charge on any atom is -0.480 e. The highest BCUT2D eigenvalue weighted by molar-refractivity contribution is 5.95. The molecular formula is C14H17NO5. The van der Waals surface area contributed by atoms with Gasteiger partial charge in [-0.15, -0.1) is 0 Å². The number of benzene rings is 1. The van der Waals surface area contributed by atoms with E-state index in [-0.39, 0.29) is 19.1 Å². The van der Waals surface area contributed by atoms with Crippen LogP contribution in [0, 0.1) is 0 Å². The SMILES string of the molecule is CC1(OCC(=O)O)CN(C(=O)c2ccc(CO)cc2)C1. The molecule has 1 aliphatic rings. The van der Waals surface area contributed by atoms with E-state index in [4.69, 9.17) is 14.9 Å². The van der Waals surface area contributed by atoms with E-state index < -0.39 is 11.6 Å². The third-order valence-electron chi connectivity index (χ3n) is 3.27. The largest absolute Gasteiger partial charge is 0.480 e. The first kappa shape index (κ1) is 14.5. The van der Waals surface area contributed by atoms with Crippen molar-refractivity contribution >= 4 is 11.9 Å². The second-order valence-corrected chi connectivity index (χ2v) is 5.15. The van der Waals surface area contributed by atoms with Gasteiger partial charge in [0.15, 0.2) is 0 Å². The van der Waals surface area contributed by atoms with E-state index in [0.29, 0.717) is 18.7 Å². The summed E-state index contributed by atoms with van der Waals surface area (Å²) in [4.78, 5) is 24.2. The van der Waals surface area contributed by atoms with Crippen molar-refractivity contribution in [3.63, 3.8) is 0 Å². The van der Waals surface area contributed by atoms with Crippen LogP contribution >= 0.6 is 0 Å². The van der Waals surface area contributed by atoms with Crippen LogP contribution in [0.25, 0.3) is 0 Å². The van der Waals surface area contributed by atoms with Gasteiger partial charge in [-0.1, -0.05) is 12.1 Å². The summed E-state index contributed by atoms with van der Waals surface area (Å²) in [6.45, 7) is 2.12. The number of amides is 1. The number of aliphatic hydroxyl groups excluding tert-OH is 1. The number of carbonyl (C=O) groups is 2. The van der Waals surface area contributed by atoms with Crippen molar-refractivity contribution in [2.75, 3.05) is 19.7 Å². The number of ether oxygens (including phenoxy) is 1. The third-order valence-corrected chi connectivity index (χ3v) is 3.27. The van der Waals surface area contributed by atoms with Gasteiger partial charge in [0.25, 0.3) is 5.91 Å². The fourth-order valence-electron chi connectivity index (χ4n) is 2.17. The summed E-state index contributed by atoms with van der Waals surface area (Å²) in [7, 11) is 0. The van der Waals surface area contributed by atoms with Gasteiger partial charge in [-0.2, -0.15) is 0 Å². The van der Waals surface area contributed by atoms with Gasteiger partial charge in [-0.05, 0) is 24.6 Å². The van der Waals surface area contributed by atoms with Gasteiger partial charge < -0.3 is 19.8 Å². The molecule has 1 heterocycles. The first-order valence-corrected chi connectivity index (χ1v) is 6.28. The van der Waals surface area contributed by atoms with Gasteiger partial charge in [0.1, 0.15) is 12.2 Å². The zero-order chi connectivity index (χ0) is 14.8. The molecule has 2 N–H and O–H groups in total. The molecule has 1 saturated heterocycles. The van der Waals surface area contributed by atoms with Crippen molar-refractivity contribution in [2.24, 2.45) is 0 Å². The highest BCUT2D eigenvalue weighted by Gasteiger charge is 2.42. The minimum atomic E-state index is -1.02. The molecule has 0 saturated carbocycles. The van der Waals surface area contributed by atoms with E-state index in [0.717, 1.165) is 5.56 Å². The number of carbonyl (C=O) groups excluding carboxylic acids is 1. The summed E-state index contributed by atoms with van der Waals surface area (Å²) < 4.78 is 5.25. The predicted molar refractivity (Wildman–Crippen MR) is 70.3 cm³/mol. The van der Waals surface area contributed by atoms with Crippen molar-refractivity contribution in [2.45, 2.75) is 19.1 Å². The van der Waals surface area contributed by atoms with Gasteiger partial charge in [0.2, 0.25) is 0 Å². The molecule has 20 heavy (non-hydrogen) atoms. The summed E-state index contributed by atoms with van der Waals surface area (Å²) in [6.07, 6.45) is 0. The van der Waals surface area contributed by atoms with Gasteiger partial charge in [-0.25, -0.2) is 4.79 Å². The summed E-state index contributed by atoms with van der Waals surface area (Å²) in [5.74, 6) is -1.14. The Morgan fingerprint density at radius 1 is 1.30 bits per heavy atom. The first-order chi connectivity index (χ1) is 9.43. The van der Waals surface area contributed by atoms with E-state index in [9.17, 15) is 9.59 Å². The Morgan fingerprint density at radius 2 is 1.90 bits per heavy atom. The smallest absolute Gasteiger partial charge is 0.329 e. The number of likely N-dealkylation sites (tertiary alicyclic amines) is 1. The number of hydrogen-bond acceptors (Lipinski definition) is 4. The highest BCUT2D eigenvalue weighted by Crippen LogP contribution is 2.26. The van der Waals surface area contributed by atoms with Crippen molar-refractivity contribution < 1.29 is 24.5 Å². The molecule has 0 spiro atoms. The second kappa shape index (κ2) is 5.60. The fourth-order valence-corrected chi connectivity index (χ4v) is 2.17. The van der Waals surface area contributed by atoms with Crippen molar-refractivity contribution in [1.82, 2.24) is 4.90 Å². The van der Waals surface area contributed by atoms with Gasteiger partial charge >= 0.3 is 5.97 Å². The number of hydrogen-bond donors (Lipinski definition) is 2. The lowest BCUT2D eigenvalue weighted by Crippen LogP contribution is -2.63. The van der Waals surface area contributed by atoms with Crippen LogP contribution in [0.5, 0.6) is 0 Å². The molecule has 6 nitrogen and oxygen atoms in total. The number of carboxylic acids is 1. The van der Waals surface area contributed by atoms with Crippen LogP contribution < -0.4 is 0 Å². The van der Waals surface area contributed by atoms with E-state index in [2.05, 4.69) is 0 Å². The lowest BCUT2D eigenvalue weighted by molar-refractivity contribution is -0.159. The second-order valence-electron chi connectivity index (χ2n) is 5.15. The van der Waals surface area contributed by atoms with E-state index >= 15 is 0 Å². The monoisotopic (exact) mass is 279 g/mol. The van der Waals surface area contributed by atoms with Gasteiger partial charge in [0, 0.05) is 5.56 Å². The highest BCUT2D eigenvalue weighted by atomic mass is 16.5. The van der Waals surface area contributed by atoms with Crippen LogP contribution in [0.3, 0.4) is 0 Å². The molecule has 1 amide bonds. The van der Waals surface area contributed by atoms with Crippen LogP contribution in [0.4, 0.5) is 0 Å². The molecule has 0 unspecified atom stereocenters. The molecule has 0 radical (unpaired) electrons. The Hall–Kier alpha value is -1.92. The summed E-state index contributed by atoms with van der Waals surface area (Å²) in [6, 6.07) is 6.74. The van der Waals surface area contributed by atoms with Crippen LogP contribution in [0.15, 0.2) is 24.3 Å². The van der Waals surface area contributed by atoms with E-state index in [1.165, 1.54) is 0 Å². The Labute approximate surface area is 116 Å². The molecule has 108 valence electrons. The number of nitrogens with zero attached hydrogens (tertiary/aromatic N) is 1. The maximum Gasteiger partial charge on any atom is 0.329 e. The predicted octanol–water partition coefficient (Wildman–Crippen LogP) is 0.495. The van der Waals surface area contributed by atoms with Crippen LogP contribution in [0.1, 0.15) is 22.8 Å². The molecule has 0 aliphatic carbocycles. The fraction of sp³-hybridized carbons (Fsp3) is 0.429. The van der Waals surface area contributed by atoms with E-state index in [1.807, 2.05) is 0 Å². The minimum absolute atomic E-state index is 0.0563. The maximum absolute atomic E-state index is 12.1. The number of rotatable bonds is 5. The standard InChI is InChI=1S/C14H17NO5/c1-14(20-7-12(17)18)8-15(9-14)13(19)11-4-2-10(6-16)3-5-11/h2-5,16H,6-9H2,1H3,(H,17,18). The quantitative estimate of drug-likeness (QED) is 0.819. The normalized spacial score (nSPS) is 16.6. The van der Waals surface area contributed by atoms with Crippen LogP contribution in [-0.4, -0.2) is 52.3 Å². The summed E-state index contributed by atoms with van der Waals surface area (Å²) >= 11 is 0. The van der Waals surface area contributed by atoms with Crippen molar-refractivity contribution in [1.29, 1.82) is 0 Å². The number of aliphatic carboxylic acids is 1. The summed E-state index contributed by atoms with van der Waals surface area (Å²) in [5, 5.41) is 17.5. The van der Waals surface area contributed by atoms with Gasteiger partial charge in [-0.3, -0.25) is 4.79 Å². The third kappa shape index (κ3) is 3.15. The zero-order valence-corrected chi connectivity index (χ0v) is 11.2. The van der Waals surface area contributed by atoms with Crippen molar-refractivity contribution in [3.05, 3.63) is 35.4 Å². The molecule has 0 atom stereocenters. The Balaban J connectivity index is 1.91. The maximum atomic E-state index is 12.1. The molecule has 1 fully saturated rings. The molecule has 1 aromatic carbocycles. The van der Waals surface area contributed by atoms with Crippen LogP contribution in [-0.2, 0) is 16.1 Å². The lowest BCUT2D eigenvalue weighted by Gasteiger charge is -2.47. The van der Waals surface area contributed by atoms with E-state index in [1.54, 1.807) is 36.1 Å². The lowest BCUT2D eigenvalue weighted by atomic mass is 9.95. The van der Waals surface area contributed by atoms with Crippen LogP contribution in [0.2, 0.25) is 0 Å². The molecule has 0 aromatic heterocycles. The summed E-state index contributed by atoms with van der Waals surface area (Å²) in [5.41, 5.74) is 0.710. The molecule has 2 rings (SSSR count). The first-order valence-electron chi connectivity index (χ1n) is 6.28. The zero-order valence-electron chi connectivity index (χ0n) is 11.2. The Kier molecular flexibility index (Phi) is 4.06. The molecular weight excluding hydrogens is 262 g/mol. The average Bonchev–Trinajstić information content (AvgIpc) is 2.41. The number of aliphatic hydroxyl groups is 1. The average molecular weight is 279 g/mol. The Morgan fingerprint density at radius 3 is 2.40 bits per heavy atom. The Bertz CT molecular complexity index is 505.